The van der Waals surface area contributed by atoms with Crippen LogP contribution in [-0.4, -0.2) is 120 Å². The summed E-state index contributed by atoms with van der Waals surface area (Å²) in [6, 6.07) is 28.5. The second-order valence-electron chi connectivity index (χ2n) is 16.7. The van der Waals surface area contributed by atoms with Crippen LogP contribution in [0.2, 0.25) is 18.1 Å². The Morgan fingerprint density at radius 1 is 0.548 bits per heavy atom. The molecule has 0 N–H and O–H groups in total. The minimum atomic E-state index is -2.38. The van der Waals surface area contributed by atoms with E-state index >= 15 is 0 Å². The van der Waals surface area contributed by atoms with Gasteiger partial charge in [0, 0.05) is 0 Å². The normalized spacial score (nSPS) is 26.5. The number of hydrogen-bond acceptors (Lipinski definition) is 14. The molecular weight excluding hydrogens is 884 g/mol. The third kappa shape index (κ3) is 14.0. The molecule has 0 amide bonds. The van der Waals surface area contributed by atoms with E-state index in [0.29, 0.717) is 0 Å². The fourth-order valence-corrected chi connectivity index (χ4v) is 10.2. The zero-order valence-electron chi connectivity index (χ0n) is 36.9. The molecule has 338 valence electrons. The average molecular weight is 944 g/mol. The van der Waals surface area contributed by atoms with Gasteiger partial charge in [-0.3, -0.25) is 0 Å². The summed E-state index contributed by atoms with van der Waals surface area (Å²) in [6.45, 7) is 15.6. The van der Waals surface area contributed by atoms with Gasteiger partial charge in [0.15, 0.2) is 0 Å². The van der Waals surface area contributed by atoms with Crippen LogP contribution in [0, 0.1) is 0 Å². The Morgan fingerprint density at radius 3 is 1.44 bits per heavy atom. The van der Waals surface area contributed by atoms with E-state index in [1.54, 1.807) is 0 Å². The molecule has 0 aromatic heterocycles. The Balaban J connectivity index is 1.53. The summed E-state index contributed by atoms with van der Waals surface area (Å²) < 4.78 is 64.4. The van der Waals surface area contributed by atoms with Gasteiger partial charge in [-0.25, -0.2) is 0 Å². The van der Waals surface area contributed by atoms with Gasteiger partial charge < -0.3 is 0 Å². The number of esters is 4. The molecule has 3 aromatic rings. The molecular formula is C46H60O14SeSi. The fourth-order valence-electron chi connectivity index (χ4n) is 6.81. The Hall–Kier alpha value is -3.96. The van der Waals surface area contributed by atoms with Gasteiger partial charge in [-0.05, 0) is 0 Å². The first-order chi connectivity index (χ1) is 29.4. The van der Waals surface area contributed by atoms with Crippen molar-refractivity contribution in [1.29, 1.82) is 0 Å². The molecule has 0 aliphatic carbocycles. The second-order valence-corrected chi connectivity index (χ2v) is 24.0. The molecule has 0 saturated carbocycles. The zero-order valence-corrected chi connectivity index (χ0v) is 39.6. The van der Waals surface area contributed by atoms with Crippen LogP contribution >= 0.6 is 0 Å². The van der Waals surface area contributed by atoms with E-state index in [9.17, 15) is 19.2 Å². The first kappa shape index (κ1) is 49.1. The molecule has 2 aliphatic rings. The molecule has 2 fully saturated rings. The van der Waals surface area contributed by atoms with Gasteiger partial charge in [0.2, 0.25) is 0 Å². The molecule has 10 atom stereocenters. The summed E-state index contributed by atoms with van der Waals surface area (Å²) in [6.07, 6.45) is -9.84. The van der Waals surface area contributed by atoms with Crippen LogP contribution < -0.4 is 4.46 Å². The van der Waals surface area contributed by atoms with Crippen molar-refractivity contribution in [2.75, 3.05) is 13.2 Å². The van der Waals surface area contributed by atoms with E-state index in [1.807, 2.05) is 91.0 Å². The van der Waals surface area contributed by atoms with E-state index in [4.69, 9.17) is 47.1 Å². The van der Waals surface area contributed by atoms with Gasteiger partial charge in [-0.15, -0.1) is 0 Å². The summed E-state index contributed by atoms with van der Waals surface area (Å²) in [4.78, 5) is 51.1. The Kier molecular flexibility index (Phi) is 17.9. The molecule has 3 aromatic carbocycles. The van der Waals surface area contributed by atoms with Gasteiger partial charge in [0.1, 0.15) is 0 Å². The first-order valence-corrected chi connectivity index (χ1v) is 25.5. The molecule has 2 saturated heterocycles. The molecule has 2 aliphatic heterocycles. The van der Waals surface area contributed by atoms with Crippen LogP contribution in [0.5, 0.6) is 0 Å². The van der Waals surface area contributed by atoms with Crippen molar-refractivity contribution in [1.82, 2.24) is 0 Å². The standard InChI is InChI=1S/C46H60O14SeSi/c1-29(47)55-40-39(52-26-34-21-15-11-16-22-34)37(28-54-62(8,9)46(5,6)7)59-44(42(40)57-31(3)49)53-27-36-38(51-25-33-19-13-10-14-20-33)41(56-30(2)48)43(58-32(4)50)45(60-36)61-35-23-17-12-18-24-35/h10-24,36-45H,25-28H2,1-9H3/t36-,37-,38-,39-,40+,41+,42-,43-,44-,45+/m1/s1. The summed E-state index contributed by atoms with van der Waals surface area (Å²) in [5.74, 6) is -2.52. The molecule has 2 heterocycles. The van der Waals surface area contributed by atoms with Crippen LogP contribution in [0.15, 0.2) is 91.0 Å². The Morgan fingerprint density at radius 2 is 0.968 bits per heavy atom. The number of hydrogen-bond donors (Lipinski definition) is 0. The maximum absolute atomic E-state index is 12.8. The quantitative estimate of drug-likeness (QED) is 0.0906. The van der Waals surface area contributed by atoms with E-state index in [-0.39, 0.29) is 31.5 Å². The first-order valence-electron chi connectivity index (χ1n) is 20.7. The molecule has 0 bridgehead atoms. The van der Waals surface area contributed by atoms with Crippen LogP contribution in [-0.2, 0) is 79.4 Å². The second kappa shape index (κ2) is 22.6. The van der Waals surface area contributed by atoms with E-state index in [1.165, 1.54) is 27.7 Å². The number of carbonyl (C=O) groups is 4. The van der Waals surface area contributed by atoms with Gasteiger partial charge in [-0.2, -0.15) is 0 Å². The van der Waals surface area contributed by atoms with Crippen molar-refractivity contribution in [3.8, 4) is 0 Å². The number of carbonyl (C=O) groups excluding carboxylic acids is 4. The van der Waals surface area contributed by atoms with Crippen molar-refractivity contribution < 1.29 is 66.2 Å². The van der Waals surface area contributed by atoms with E-state index < -0.39 is 107 Å². The zero-order chi connectivity index (χ0) is 45.0. The Labute approximate surface area is 371 Å². The van der Waals surface area contributed by atoms with Gasteiger partial charge in [-0.1, -0.05) is 51.1 Å². The van der Waals surface area contributed by atoms with Crippen LogP contribution in [0.4, 0.5) is 0 Å². The van der Waals surface area contributed by atoms with Gasteiger partial charge in [0.05, 0.1) is 0 Å². The van der Waals surface area contributed by atoms with Crippen molar-refractivity contribution in [3.63, 3.8) is 0 Å². The number of benzene rings is 3. The summed E-state index contributed by atoms with van der Waals surface area (Å²) in [5.41, 5.74) is 1.69. The van der Waals surface area contributed by atoms with Gasteiger partial charge in [0.25, 0.3) is 0 Å². The summed E-state index contributed by atoms with van der Waals surface area (Å²) in [7, 11) is -2.38. The maximum atomic E-state index is 12.8. The molecule has 0 spiro atoms. The van der Waals surface area contributed by atoms with Crippen LogP contribution in [0.1, 0.15) is 59.6 Å². The van der Waals surface area contributed by atoms with Crippen molar-refractivity contribution >= 4 is 51.6 Å². The predicted octanol–water partition coefficient (Wildman–Crippen LogP) is 5.40. The molecule has 0 radical (unpaired) electrons. The third-order valence-corrected chi connectivity index (χ3v) is 17.7. The fraction of sp³-hybridized carbons (Fsp3) is 0.522. The molecule has 14 nitrogen and oxygen atoms in total. The minimum absolute atomic E-state index is 0.0450. The van der Waals surface area contributed by atoms with E-state index in [2.05, 4.69) is 33.9 Å². The van der Waals surface area contributed by atoms with Crippen molar-refractivity contribution in [3.05, 3.63) is 102 Å². The van der Waals surface area contributed by atoms with Crippen molar-refractivity contribution in [2.45, 2.75) is 140 Å². The predicted molar refractivity (Wildman–Crippen MR) is 231 cm³/mol. The Bertz CT molecular complexity index is 1900. The van der Waals surface area contributed by atoms with Crippen LogP contribution in [0.25, 0.3) is 0 Å². The molecule has 62 heavy (non-hydrogen) atoms. The average Bonchev–Trinajstić information content (AvgIpc) is 3.20. The monoisotopic (exact) mass is 944 g/mol. The molecule has 5 rings (SSSR count). The summed E-state index contributed by atoms with van der Waals surface area (Å²) in [5, 5.41) is -0.920. The van der Waals surface area contributed by atoms with Gasteiger partial charge >= 0.3 is 322 Å². The SMILES string of the molecule is CC(=O)O[C@@H]1[C@@H](OC(C)=O)[C@H]([Se]c2ccccc2)O[C@H](CO[C@@H]2O[C@H](CO[Si](C)(C)C(C)(C)C)[C@@H](OCc3ccccc3)[C@H](OC(C)=O)[C@H]2OC(C)=O)[C@H]1OCc1ccccc1. The number of ether oxygens (including phenoxy) is 9. The van der Waals surface area contributed by atoms with Crippen molar-refractivity contribution in [2.24, 2.45) is 0 Å². The van der Waals surface area contributed by atoms with E-state index in [0.717, 1.165) is 15.6 Å². The topological polar surface area (TPSA) is 161 Å². The number of rotatable bonds is 18. The molecule has 16 heteroatoms. The molecule has 0 unspecified atom stereocenters. The third-order valence-electron chi connectivity index (χ3n) is 10.8. The van der Waals surface area contributed by atoms with Crippen LogP contribution in [0.3, 0.4) is 0 Å². The summed E-state index contributed by atoms with van der Waals surface area (Å²) >= 11 is -0.472.